The number of halogens is 3. The number of benzene rings is 1. The Morgan fingerprint density at radius 2 is 1.96 bits per heavy atom. The average Bonchev–Trinajstić information content (AvgIpc) is 2.54. The molecule has 1 aromatic carbocycles. The zero-order chi connectivity index (χ0) is 17.7. The molecule has 2 amide bonds. The molecule has 24 heavy (non-hydrogen) atoms. The summed E-state index contributed by atoms with van der Waals surface area (Å²) in [7, 11) is 0. The van der Waals surface area contributed by atoms with Crippen LogP contribution in [0.5, 0.6) is 5.75 Å². The fourth-order valence-electron chi connectivity index (χ4n) is 2.60. The SMILES string of the molecule is CCOc1ccc(C(=O)NC2CCCN(C(=O)C(F)(F)F)C2)cc1. The van der Waals surface area contributed by atoms with Gasteiger partial charge in [-0.25, -0.2) is 0 Å². The van der Waals surface area contributed by atoms with Crippen molar-refractivity contribution in [1.29, 1.82) is 0 Å². The summed E-state index contributed by atoms with van der Waals surface area (Å²) in [6.07, 6.45) is -3.94. The molecule has 1 fully saturated rings. The van der Waals surface area contributed by atoms with E-state index in [1.165, 1.54) is 0 Å². The van der Waals surface area contributed by atoms with Crippen LogP contribution in [0.3, 0.4) is 0 Å². The Hall–Kier alpha value is -2.25. The van der Waals surface area contributed by atoms with E-state index in [1.54, 1.807) is 24.3 Å². The van der Waals surface area contributed by atoms with E-state index in [4.69, 9.17) is 4.74 Å². The van der Waals surface area contributed by atoms with Crippen molar-refractivity contribution >= 4 is 11.8 Å². The second kappa shape index (κ2) is 7.55. The van der Waals surface area contributed by atoms with Crippen molar-refractivity contribution in [3.05, 3.63) is 29.8 Å². The maximum atomic E-state index is 12.5. The van der Waals surface area contributed by atoms with Gasteiger partial charge in [0.1, 0.15) is 5.75 Å². The van der Waals surface area contributed by atoms with E-state index in [9.17, 15) is 22.8 Å². The summed E-state index contributed by atoms with van der Waals surface area (Å²) in [5.41, 5.74) is 0.387. The molecular formula is C16H19F3N2O3. The highest BCUT2D eigenvalue weighted by Gasteiger charge is 2.43. The number of nitrogens with zero attached hydrogens (tertiary/aromatic N) is 1. The number of hydrogen-bond donors (Lipinski definition) is 1. The fraction of sp³-hybridized carbons (Fsp3) is 0.500. The van der Waals surface area contributed by atoms with Gasteiger partial charge in [0.2, 0.25) is 0 Å². The molecule has 0 radical (unpaired) electrons. The molecular weight excluding hydrogens is 325 g/mol. The van der Waals surface area contributed by atoms with Gasteiger partial charge in [0.15, 0.2) is 0 Å². The minimum absolute atomic E-state index is 0.0494. The van der Waals surface area contributed by atoms with Crippen LogP contribution in [0.25, 0.3) is 0 Å². The number of alkyl halides is 3. The highest BCUT2D eigenvalue weighted by atomic mass is 19.4. The number of piperidine rings is 1. The lowest BCUT2D eigenvalue weighted by Gasteiger charge is -2.33. The van der Waals surface area contributed by atoms with E-state index in [0.29, 0.717) is 30.8 Å². The second-order valence-corrected chi connectivity index (χ2v) is 5.52. The number of nitrogens with one attached hydrogen (secondary N) is 1. The van der Waals surface area contributed by atoms with Crippen LogP contribution in [0.4, 0.5) is 13.2 Å². The van der Waals surface area contributed by atoms with Gasteiger partial charge in [0, 0.05) is 24.7 Å². The molecule has 5 nitrogen and oxygen atoms in total. The van der Waals surface area contributed by atoms with Gasteiger partial charge in [0.05, 0.1) is 6.61 Å². The first-order valence-corrected chi connectivity index (χ1v) is 7.71. The van der Waals surface area contributed by atoms with E-state index in [-0.39, 0.29) is 19.0 Å². The molecule has 1 unspecified atom stereocenters. The third-order valence-corrected chi connectivity index (χ3v) is 3.71. The highest BCUT2D eigenvalue weighted by molar-refractivity contribution is 5.94. The molecule has 132 valence electrons. The van der Waals surface area contributed by atoms with Gasteiger partial charge >= 0.3 is 12.1 Å². The van der Waals surface area contributed by atoms with Crippen molar-refractivity contribution in [1.82, 2.24) is 10.2 Å². The van der Waals surface area contributed by atoms with Crippen LogP contribution < -0.4 is 10.1 Å². The highest BCUT2D eigenvalue weighted by Crippen LogP contribution is 2.21. The number of amides is 2. The molecule has 2 rings (SSSR count). The molecule has 1 atom stereocenters. The monoisotopic (exact) mass is 344 g/mol. The van der Waals surface area contributed by atoms with Crippen LogP contribution in [0.2, 0.25) is 0 Å². The number of carbonyl (C=O) groups excluding carboxylic acids is 2. The number of rotatable bonds is 4. The summed E-state index contributed by atoms with van der Waals surface area (Å²) in [4.78, 5) is 24.2. The molecule has 1 saturated heterocycles. The molecule has 1 aliphatic heterocycles. The Morgan fingerprint density at radius 1 is 1.29 bits per heavy atom. The lowest BCUT2D eigenvalue weighted by molar-refractivity contribution is -0.186. The van der Waals surface area contributed by atoms with Crippen molar-refractivity contribution in [3.8, 4) is 5.75 Å². The number of likely N-dealkylation sites (tertiary alicyclic amines) is 1. The Bertz CT molecular complexity index is 587. The zero-order valence-electron chi connectivity index (χ0n) is 13.2. The van der Waals surface area contributed by atoms with Crippen LogP contribution >= 0.6 is 0 Å². The minimum Gasteiger partial charge on any atom is -0.494 e. The first-order valence-electron chi connectivity index (χ1n) is 7.71. The fourth-order valence-corrected chi connectivity index (χ4v) is 2.60. The number of ether oxygens (including phenoxy) is 1. The Labute approximate surface area is 137 Å². The third kappa shape index (κ3) is 4.62. The van der Waals surface area contributed by atoms with E-state index in [0.717, 1.165) is 4.90 Å². The van der Waals surface area contributed by atoms with Crippen molar-refractivity contribution < 1.29 is 27.5 Å². The van der Waals surface area contributed by atoms with Crippen molar-refractivity contribution in [2.45, 2.75) is 32.0 Å². The van der Waals surface area contributed by atoms with Crippen molar-refractivity contribution in [2.24, 2.45) is 0 Å². The lowest BCUT2D eigenvalue weighted by Crippen LogP contribution is -2.52. The van der Waals surface area contributed by atoms with Crippen LogP contribution in [-0.2, 0) is 4.79 Å². The second-order valence-electron chi connectivity index (χ2n) is 5.52. The minimum atomic E-state index is -4.89. The quantitative estimate of drug-likeness (QED) is 0.912. The van der Waals surface area contributed by atoms with Gasteiger partial charge in [-0.1, -0.05) is 0 Å². The number of carbonyl (C=O) groups is 2. The molecule has 1 aliphatic rings. The molecule has 0 aliphatic carbocycles. The lowest BCUT2D eigenvalue weighted by atomic mass is 10.0. The summed E-state index contributed by atoms with van der Waals surface area (Å²) in [6.45, 7) is 2.27. The smallest absolute Gasteiger partial charge is 0.471 e. The van der Waals surface area contributed by atoms with Gasteiger partial charge < -0.3 is 15.0 Å². The van der Waals surface area contributed by atoms with Gasteiger partial charge in [-0.05, 0) is 44.0 Å². The molecule has 0 spiro atoms. The predicted molar refractivity (Wildman–Crippen MR) is 80.7 cm³/mol. The standard InChI is InChI=1S/C16H19F3N2O3/c1-2-24-13-7-5-11(6-8-13)14(22)20-12-4-3-9-21(10-12)15(23)16(17,18)19/h5-8,12H,2-4,9-10H2,1H3,(H,20,22). The molecule has 0 saturated carbocycles. The molecule has 1 aromatic rings. The molecule has 1 heterocycles. The summed E-state index contributed by atoms with van der Waals surface area (Å²) in [6, 6.07) is 5.98. The van der Waals surface area contributed by atoms with Gasteiger partial charge in [0.25, 0.3) is 5.91 Å². The summed E-state index contributed by atoms with van der Waals surface area (Å²) < 4.78 is 42.8. The summed E-state index contributed by atoms with van der Waals surface area (Å²) >= 11 is 0. The average molecular weight is 344 g/mol. The summed E-state index contributed by atoms with van der Waals surface area (Å²) in [5.74, 6) is -1.61. The summed E-state index contributed by atoms with van der Waals surface area (Å²) in [5, 5.41) is 2.68. The number of hydrogen-bond acceptors (Lipinski definition) is 3. The van der Waals surface area contributed by atoms with E-state index >= 15 is 0 Å². The first-order chi connectivity index (χ1) is 11.3. The Kier molecular flexibility index (Phi) is 5.69. The maximum Gasteiger partial charge on any atom is 0.471 e. The largest absolute Gasteiger partial charge is 0.494 e. The van der Waals surface area contributed by atoms with Crippen LogP contribution in [0.15, 0.2) is 24.3 Å². The molecule has 1 N–H and O–H groups in total. The van der Waals surface area contributed by atoms with Gasteiger partial charge in [-0.3, -0.25) is 9.59 Å². The van der Waals surface area contributed by atoms with Crippen LogP contribution in [0.1, 0.15) is 30.1 Å². The van der Waals surface area contributed by atoms with E-state index in [1.807, 2.05) is 6.92 Å². The first kappa shape index (κ1) is 18.1. The zero-order valence-corrected chi connectivity index (χ0v) is 13.2. The molecule has 0 bridgehead atoms. The normalized spacial score (nSPS) is 18.2. The van der Waals surface area contributed by atoms with Crippen molar-refractivity contribution in [2.75, 3.05) is 19.7 Å². The van der Waals surface area contributed by atoms with Gasteiger partial charge in [-0.2, -0.15) is 13.2 Å². The van der Waals surface area contributed by atoms with Crippen molar-refractivity contribution in [3.63, 3.8) is 0 Å². The van der Waals surface area contributed by atoms with Crippen LogP contribution in [0, 0.1) is 0 Å². The maximum absolute atomic E-state index is 12.5. The predicted octanol–water partition coefficient (Wildman–Crippen LogP) is 2.37. The Morgan fingerprint density at radius 3 is 2.54 bits per heavy atom. The topological polar surface area (TPSA) is 58.6 Å². The third-order valence-electron chi connectivity index (χ3n) is 3.71. The van der Waals surface area contributed by atoms with Gasteiger partial charge in [-0.15, -0.1) is 0 Å². The van der Waals surface area contributed by atoms with Crippen LogP contribution in [-0.4, -0.2) is 48.6 Å². The Balaban J connectivity index is 1.94. The van der Waals surface area contributed by atoms with E-state index in [2.05, 4.69) is 5.32 Å². The van der Waals surface area contributed by atoms with E-state index < -0.39 is 18.1 Å². The molecule has 8 heteroatoms. The molecule has 0 aromatic heterocycles.